The van der Waals surface area contributed by atoms with Crippen LogP contribution >= 0.6 is 35.0 Å². The maximum atomic E-state index is 12.2. The molecular weight excluding hydrogens is 301 g/mol. The molecule has 19 heavy (non-hydrogen) atoms. The first-order valence-electron chi connectivity index (χ1n) is 5.50. The minimum Gasteiger partial charge on any atom is -0.322 e. The fraction of sp³-hybridized carbons (Fsp3) is 0.0714. The summed E-state index contributed by atoms with van der Waals surface area (Å²) in [6, 6.07) is 12.3. The summed E-state index contributed by atoms with van der Waals surface area (Å²) in [5.74, 6) is -0.233. The van der Waals surface area contributed by atoms with Gasteiger partial charge in [0.2, 0.25) is 0 Å². The molecule has 0 aliphatic carbocycles. The molecule has 2 aromatic carbocycles. The number of hydrogen-bond acceptors (Lipinski definition) is 2. The van der Waals surface area contributed by atoms with Crippen LogP contribution in [0.5, 0.6) is 0 Å². The molecule has 2 rings (SSSR count). The van der Waals surface area contributed by atoms with Gasteiger partial charge in [-0.1, -0.05) is 23.2 Å². The SMILES string of the molecule is CSc1ccc(Cl)c(C(=O)Nc2ccc(Cl)cc2)c1. The van der Waals surface area contributed by atoms with Crippen molar-refractivity contribution < 1.29 is 4.79 Å². The largest absolute Gasteiger partial charge is 0.322 e. The molecule has 2 aromatic rings. The van der Waals surface area contributed by atoms with Gasteiger partial charge < -0.3 is 5.32 Å². The molecule has 0 aliphatic rings. The van der Waals surface area contributed by atoms with Crippen LogP contribution in [0.15, 0.2) is 47.4 Å². The summed E-state index contributed by atoms with van der Waals surface area (Å²) < 4.78 is 0. The normalized spacial score (nSPS) is 10.3. The number of hydrogen-bond donors (Lipinski definition) is 1. The zero-order valence-electron chi connectivity index (χ0n) is 10.1. The Kier molecular flexibility index (Phi) is 4.75. The van der Waals surface area contributed by atoms with Gasteiger partial charge in [-0.2, -0.15) is 0 Å². The van der Waals surface area contributed by atoms with E-state index in [2.05, 4.69) is 5.32 Å². The number of halogens is 2. The van der Waals surface area contributed by atoms with Crippen LogP contribution in [0.1, 0.15) is 10.4 Å². The van der Waals surface area contributed by atoms with Gasteiger partial charge in [0.05, 0.1) is 10.6 Å². The quantitative estimate of drug-likeness (QED) is 0.811. The van der Waals surface area contributed by atoms with Crippen molar-refractivity contribution >= 4 is 46.6 Å². The highest BCUT2D eigenvalue weighted by molar-refractivity contribution is 7.98. The summed E-state index contributed by atoms with van der Waals surface area (Å²) >= 11 is 13.4. The summed E-state index contributed by atoms with van der Waals surface area (Å²) in [6.07, 6.45) is 1.95. The summed E-state index contributed by atoms with van der Waals surface area (Å²) in [6.45, 7) is 0. The molecule has 0 unspecified atom stereocenters. The number of anilines is 1. The Morgan fingerprint density at radius 3 is 2.42 bits per heavy atom. The average Bonchev–Trinajstić information content (AvgIpc) is 2.42. The van der Waals surface area contributed by atoms with Gasteiger partial charge in [0, 0.05) is 15.6 Å². The second kappa shape index (κ2) is 6.33. The summed E-state index contributed by atoms with van der Waals surface area (Å²) in [7, 11) is 0. The molecule has 0 fully saturated rings. The molecule has 0 aliphatic heterocycles. The fourth-order valence-corrected chi connectivity index (χ4v) is 2.31. The van der Waals surface area contributed by atoms with Crippen LogP contribution in [0.3, 0.4) is 0 Å². The van der Waals surface area contributed by atoms with Crippen LogP contribution in [-0.2, 0) is 0 Å². The highest BCUT2D eigenvalue weighted by Gasteiger charge is 2.11. The number of amides is 1. The number of carbonyl (C=O) groups excluding carboxylic acids is 1. The third-order valence-corrected chi connectivity index (χ3v) is 3.83. The van der Waals surface area contributed by atoms with Crippen LogP contribution in [0, 0.1) is 0 Å². The van der Waals surface area contributed by atoms with Crippen molar-refractivity contribution in [3.63, 3.8) is 0 Å². The van der Waals surface area contributed by atoms with Gasteiger partial charge >= 0.3 is 0 Å². The highest BCUT2D eigenvalue weighted by atomic mass is 35.5. The summed E-state index contributed by atoms with van der Waals surface area (Å²) in [5, 5.41) is 3.85. The molecular formula is C14H11Cl2NOS. The van der Waals surface area contributed by atoms with E-state index < -0.39 is 0 Å². The molecule has 5 heteroatoms. The van der Waals surface area contributed by atoms with Crippen LogP contribution in [0.2, 0.25) is 10.0 Å². The number of rotatable bonds is 3. The molecule has 0 aromatic heterocycles. The first kappa shape index (κ1) is 14.3. The van der Waals surface area contributed by atoms with E-state index in [1.807, 2.05) is 12.3 Å². The zero-order chi connectivity index (χ0) is 13.8. The smallest absolute Gasteiger partial charge is 0.257 e. The van der Waals surface area contributed by atoms with Gasteiger partial charge in [-0.15, -0.1) is 11.8 Å². The lowest BCUT2D eigenvalue weighted by Crippen LogP contribution is -2.12. The van der Waals surface area contributed by atoms with Crippen molar-refractivity contribution in [1.82, 2.24) is 0 Å². The van der Waals surface area contributed by atoms with Gasteiger partial charge in [-0.05, 0) is 48.7 Å². The fourth-order valence-electron chi connectivity index (χ4n) is 1.54. The van der Waals surface area contributed by atoms with E-state index in [0.717, 1.165) is 4.90 Å². The van der Waals surface area contributed by atoms with E-state index >= 15 is 0 Å². The predicted molar refractivity (Wildman–Crippen MR) is 82.6 cm³/mol. The topological polar surface area (TPSA) is 29.1 Å². The van der Waals surface area contributed by atoms with Crippen molar-refractivity contribution in [3.8, 4) is 0 Å². The highest BCUT2D eigenvalue weighted by Crippen LogP contribution is 2.24. The van der Waals surface area contributed by atoms with Crippen molar-refractivity contribution in [2.24, 2.45) is 0 Å². The standard InChI is InChI=1S/C14H11Cl2NOS/c1-19-11-6-7-13(16)12(8-11)14(18)17-10-4-2-9(15)3-5-10/h2-8H,1H3,(H,17,18). The van der Waals surface area contributed by atoms with E-state index in [-0.39, 0.29) is 5.91 Å². The Bertz CT molecular complexity index is 599. The van der Waals surface area contributed by atoms with Crippen LogP contribution in [-0.4, -0.2) is 12.2 Å². The molecule has 1 amide bonds. The minimum atomic E-state index is -0.233. The lowest BCUT2D eigenvalue weighted by atomic mass is 10.2. The van der Waals surface area contributed by atoms with Crippen LogP contribution in [0.25, 0.3) is 0 Å². The van der Waals surface area contributed by atoms with E-state index in [4.69, 9.17) is 23.2 Å². The number of benzene rings is 2. The lowest BCUT2D eigenvalue weighted by Gasteiger charge is -2.08. The maximum absolute atomic E-state index is 12.2. The molecule has 2 nitrogen and oxygen atoms in total. The Morgan fingerprint density at radius 2 is 1.79 bits per heavy atom. The van der Waals surface area contributed by atoms with Gasteiger partial charge in [0.1, 0.15) is 0 Å². The third kappa shape index (κ3) is 3.66. The third-order valence-electron chi connectivity index (χ3n) is 2.52. The second-order valence-electron chi connectivity index (χ2n) is 3.81. The van der Waals surface area contributed by atoms with E-state index in [1.54, 1.807) is 48.2 Å². The first-order valence-corrected chi connectivity index (χ1v) is 7.48. The van der Waals surface area contributed by atoms with Crippen LogP contribution < -0.4 is 5.32 Å². The van der Waals surface area contributed by atoms with E-state index in [0.29, 0.717) is 21.3 Å². The average molecular weight is 312 g/mol. The second-order valence-corrected chi connectivity index (χ2v) is 5.53. The number of nitrogens with one attached hydrogen (secondary N) is 1. The molecule has 0 bridgehead atoms. The van der Waals surface area contributed by atoms with E-state index in [1.165, 1.54) is 0 Å². The molecule has 0 saturated carbocycles. The Morgan fingerprint density at radius 1 is 1.11 bits per heavy atom. The molecule has 98 valence electrons. The maximum Gasteiger partial charge on any atom is 0.257 e. The Hall–Kier alpha value is -1.16. The van der Waals surface area contributed by atoms with Crippen molar-refractivity contribution in [3.05, 3.63) is 58.1 Å². The van der Waals surface area contributed by atoms with Gasteiger partial charge in [0.25, 0.3) is 5.91 Å². The van der Waals surface area contributed by atoms with Crippen molar-refractivity contribution in [2.75, 3.05) is 11.6 Å². The molecule has 0 radical (unpaired) electrons. The van der Waals surface area contributed by atoms with Gasteiger partial charge in [-0.3, -0.25) is 4.79 Å². The Balaban J connectivity index is 2.22. The van der Waals surface area contributed by atoms with Crippen LogP contribution in [0.4, 0.5) is 5.69 Å². The molecule has 0 saturated heterocycles. The lowest BCUT2D eigenvalue weighted by molar-refractivity contribution is 0.102. The summed E-state index contributed by atoms with van der Waals surface area (Å²) in [5.41, 5.74) is 1.14. The minimum absolute atomic E-state index is 0.233. The Labute approximate surface area is 126 Å². The number of carbonyl (C=O) groups is 1. The molecule has 0 atom stereocenters. The predicted octanol–water partition coefficient (Wildman–Crippen LogP) is 4.97. The van der Waals surface area contributed by atoms with Crippen molar-refractivity contribution in [2.45, 2.75) is 4.90 Å². The summed E-state index contributed by atoms with van der Waals surface area (Å²) in [4.78, 5) is 13.1. The molecule has 0 spiro atoms. The zero-order valence-corrected chi connectivity index (χ0v) is 12.4. The van der Waals surface area contributed by atoms with Gasteiger partial charge in [0.15, 0.2) is 0 Å². The van der Waals surface area contributed by atoms with Gasteiger partial charge in [-0.25, -0.2) is 0 Å². The van der Waals surface area contributed by atoms with Crippen molar-refractivity contribution in [1.29, 1.82) is 0 Å². The molecule has 1 N–H and O–H groups in total. The molecule has 0 heterocycles. The first-order chi connectivity index (χ1) is 9.10. The monoisotopic (exact) mass is 311 g/mol. The number of thioether (sulfide) groups is 1. The van der Waals surface area contributed by atoms with E-state index in [9.17, 15) is 4.79 Å².